The Labute approximate surface area is 121 Å². The Morgan fingerprint density at radius 2 is 2.10 bits per heavy atom. The summed E-state index contributed by atoms with van der Waals surface area (Å²) in [7, 11) is 0. The molecule has 0 aliphatic rings. The van der Waals surface area contributed by atoms with Crippen LogP contribution in [0.2, 0.25) is 0 Å². The minimum absolute atomic E-state index is 0.145. The third-order valence-electron chi connectivity index (χ3n) is 2.65. The largest absolute Gasteiger partial charge is 0.491 e. The normalized spacial score (nSPS) is 10.0. The smallest absolute Gasteiger partial charge is 0.274 e. The second-order valence-electron chi connectivity index (χ2n) is 4.11. The van der Waals surface area contributed by atoms with Gasteiger partial charge in [0.2, 0.25) is 0 Å². The van der Waals surface area contributed by atoms with Crippen LogP contribution in [-0.4, -0.2) is 17.5 Å². The van der Waals surface area contributed by atoms with E-state index in [9.17, 15) is 9.18 Å². The fraction of sp³-hybridized carbons (Fsp3) is 0.143. The molecular formula is C14H15FN4O2. The Bertz CT molecular complexity index is 631. The average Bonchev–Trinajstić information content (AvgIpc) is 2.50. The Hall–Kier alpha value is -2.67. The van der Waals surface area contributed by atoms with Crippen molar-refractivity contribution in [2.45, 2.75) is 6.92 Å². The SMILES string of the molecule is CCOc1ccc(NC(=O)c2ccc(NN)cn2)cc1F. The highest BCUT2D eigenvalue weighted by molar-refractivity contribution is 6.02. The van der Waals surface area contributed by atoms with Crippen molar-refractivity contribution in [3.8, 4) is 5.75 Å². The van der Waals surface area contributed by atoms with Gasteiger partial charge in [0.25, 0.3) is 5.91 Å². The number of rotatable bonds is 5. The number of aromatic nitrogens is 1. The van der Waals surface area contributed by atoms with Gasteiger partial charge in [-0.3, -0.25) is 10.6 Å². The maximum Gasteiger partial charge on any atom is 0.274 e. The van der Waals surface area contributed by atoms with Crippen molar-refractivity contribution in [2.75, 3.05) is 17.3 Å². The molecular weight excluding hydrogens is 275 g/mol. The van der Waals surface area contributed by atoms with Crippen molar-refractivity contribution < 1.29 is 13.9 Å². The van der Waals surface area contributed by atoms with Crippen LogP contribution < -0.4 is 21.3 Å². The first kappa shape index (κ1) is 14.7. The first-order chi connectivity index (χ1) is 10.1. The summed E-state index contributed by atoms with van der Waals surface area (Å²) in [4.78, 5) is 15.9. The van der Waals surface area contributed by atoms with Crippen LogP contribution in [0.4, 0.5) is 15.8 Å². The van der Waals surface area contributed by atoms with Crippen LogP contribution in [0.5, 0.6) is 5.75 Å². The molecule has 1 amide bonds. The van der Waals surface area contributed by atoms with Crippen LogP contribution in [0.3, 0.4) is 0 Å². The maximum atomic E-state index is 13.7. The van der Waals surface area contributed by atoms with Gasteiger partial charge in [0.1, 0.15) is 5.69 Å². The van der Waals surface area contributed by atoms with Crippen molar-refractivity contribution in [3.05, 3.63) is 48.0 Å². The highest BCUT2D eigenvalue weighted by Crippen LogP contribution is 2.21. The number of amides is 1. The number of nitrogen functional groups attached to an aromatic ring is 1. The van der Waals surface area contributed by atoms with Gasteiger partial charge in [-0.2, -0.15) is 0 Å². The second-order valence-corrected chi connectivity index (χ2v) is 4.11. The highest BCUT2D eigenvalue weighted by atomic mass is 19.1. The summed E-state index contributed by atoms with van der Waals surface area (Å²) in [6.07, 6.45) is 1.42. The van der Waals surface area contributed by atoms with Crippen molar-refractivity contribution in [1.29, 1.82) is 0 Å². The lowest BCUT2D eigenvalue weighted by Crippen LogP contribution is -2.14. The molecule has 0 unspecified atom stereocenters. The predicted octanol–water partition coefficient (Wildman–Crippen LogP) is 2.16. The van der Waals surface area contributed by atoms with Crippen molar-refractivity contribution in [2.24, 2.45) is 5.84 Å². The van der Waals surface area contributed by atoms with Gasteiger partial charge < -0.3 is 15.5 Å². The summed E-state index contributed by atoms with van der Waals surface area (Å²) in [5, 5.41) is 2.56. The Kier molecular flexibility index (Phi) is 4.68. The van der Waals surface area contributed by atoms with Gasteiger partial charge in [-0.1, -0.05) is 0 Å². The summed E-state index contributed by atoms with van der Waals surface area (Å²) >= 11 is 0. The third-order valence-corrected chi connectivity index (χ3v) is 2.65. The molecule has 0 bridgehead atoms. The summed E-state index contributed by atoms with van der Waals surface area (Å²) in [6, 6.07) is 7.33. The number of hydrogen-bond donors (Lipinski definition) is 3. The van der Waals surface area contributed by atoms with E-state index in [0.717, 1.165) is 0 Å². The van der Waals surface area contributed by atoms with Gasteiger partial charge in [-0.25, -0.2) is 9.37 Å². The monoisotopic (exact) mass is 290 g/mol. The summed E-state index contributed by atoms with van der Waals surface area (Å²) < 4.78 is 18.8. The number of anilines is 2. The van der Waals surface area contributed by atoms with Gasteiger partial charge in [-0.15, -0.1) is 0 Å². The van der Waals surface area contributed by atoms with Gasteiger partial charge in [0.05, 0.1) is 18.5 Å². The lowest BCUT2D eigenvalue weighted by atomic mass is 10.2. The molecule has 0 atom stereocenters. The number of ether oxygens (including phenoxy) is 1. The van der Waals surface area contributed by atoms with Crippen molar-refractivity contribution >= 4 is 17.3 Å². The molecule has 0 saturated heterocycles. The highest BCUT2D eigenvalue weighted by Gasteiger charge is 2.10. The van der Waals surface area contributed by atoms with Gasteiger partial charge in [0.15, 0.2) is 11.6 Å². The van der Waals surface area contributed by atoms with Crippen molar-refractivity contribution in [1.82, 2.24) is 4.98 Å². The first-order valence-corrected chi connectivity index (χ1v) is 6.30. The molecule has 7 heteroatoms. The number of halogens is 1. The van der Waals surface area contributed by atoms with E-state index < -0.39 is 11.7 Å². The Balaban J connectivity index is 2.09. The molecule has 1 heterocycles. The van der Waals surface area contributed by atoms with Gasteiger partial charge in [-0.05, 0) is 31.2 Å². The number of pyridine rings is 1. The number of nitrogens with two attached hydrogens (primary N) is 1. The molecule has 6 nitrogen and oxygen atoms in total. The van der Waals surface area contributed by atoms with Crippen molar-refractivity contribution in [3.63, 3.8) is 0 Å². The Morgan fingerprint density at radius 1 is 1.33 bits per heavy atom. The van der Waals surface area contributed by atoms with E-state index in [1.54, 1.807) is 19.1 Å². The zero-order valence-corrected chi connectivity index (χ0v) is 11.4. The number of carbonyl (C=O) groups is 1. The molecule has 2 aromatic rings. The fourth-order valence-electron chi connectivity index (χ4n) is 1.66. The Morgan fingerprint density at radius 3 is 2.67 bits per heavy atom. The molecule has 0 spiro atoms. The van der Waals surface area contributed by atoms with E-state index >= 15 is 0 Å². The number of nitrogens with zero attached hydrogens (tertiary/aromatic N) is 1. The molecule has 4 N–H and O–H groups in total. The van der Waals surface area contributed by atoms with E-state index in [1.165, 1.54) is 24.4 Å². The lowest BCUT2D eigenvalue weighted by molar-refractivity contribution is 0.102. The number of carbonyl (C=O) groups excluding carboxylic acids is 1. The topological polar surface area (TPSA) is 89.3 Å². The van der Waals surface area contributed by atoms with Crippen LogP contribution in [0, 0.1) is 5.82 Å². The number of nitrogens with one attached hydrogen (secondary N) is 2. The molecule has 110 valence electrons. The standard InChI is InChI=1S/C14H15FN4O2/c1-2-21-13-6-4-9(7-11(13)15)18-14(20)12-5-3-10(19-16)8-17-12/h3-8,19H,2,16H2,1H3,(H,18,20). The van der Waals surface area contributed by atoms with Crippen LogP contribution >= 0.6 is 0 Å². The summed E-state index contributed by atoms with van der Waals surface area (Å²) in [6.45, 7) is 2.13. The minimum Gasteiger partial charge on any atom is -0.491 e. The molecule has 1 aromatic heterocycles. The van der Waals surface area contributed by atoms with Gasteiger partial charge >= 0.3 is 0 Å². The van der Waals surface area contributed by atoms with E-state index in [1.807, 2.05) is 0 Å². The molecule has 0 aliphatic heterocycles. The molecule has 0 radical (unpaired) electrons. The van der Waals surface area contributed by atoms with Crippen LogP contribution in [0.25, 0.3) is 0 Å². The minimum atomic E-state index is -0.537. The van der Waals surface area contributed by atoms with Crippen LogP contribution in [0.1, 0.15) is 17.4 Å². The lowest BCUT2D eigenvalue weighted by Gasteiger charge is -2.08. The van der Waals surface area contributed by atoms with Crippen LogP contribution in [-0.2, 0) is 0 Å². The molecule has 0 saturated carbocycles. The predicted molar refractivity (Wildman–Crippen MR) is 77.6 cm³/mol. The molecule has 1 aromatic carbocycles. The zero-order chi connectivity index (χ0) is 15.2. The second kappa shape index (κ2) is 6.67. The summed E-state index contributed by atoms with van der Waals surface area (Å²) in [5.41, 5.74) is 3.51. The number of benzene rings is 1. The fourth-order valence-corrected chi connectivity index (χ4v) is 1.66. The third kappa shape index (κ3) is 3.67. The quantitative estimate of drug-likeness (QED) is 0.580. The van der Waals surface area contributed by atoms with E-state index in [4.69, 9.17) is 10.6 Å². The average molecular weight is 290 g/mol. The molecule has 21 heavy (non-hydrogen) atoms. The number of hydrogen-bond acceptors (Lipinski definition) is 5. The van der Waals surface area contributed by atoms with Gasteiger partial charge in [0, 0.05) is 11.8 Å². The van der Waals surface area contributed by atoms with Crippen LogP contribution in [0.15, 0.2) is 36.5 Å². The first-order valence-electron chi connectivity index (χ1n) is 6.30. The summed E-state index contributed by atoms with van der Waals surface area (Å²) in [5.74, 6) is 4.38. The van der Waals surface area contributed by atoms with E-state index in [0.29, 0.717) is 18.0 Å². The van der Waals surface area contributed by atoms with E-state index in [-0.39, 0.29) is 11.4 Å². The molecule has 2 rings (SSSR count). The number of hydrazine groups is 1. The zero-order valence-electron chi connectivity index (χ0n) is 11.4. The van der Waals surface area contributed by atoms with E-state index in [2.05, 4.69) is 15.7 Å². The maximum absolute atomic E-state index is 13.7. The molecule has 0 aliphatic carbocycles. The molecule has 0 fully saturated rings.